The van der Waals surface area contributed by atoms with Gasteiger partial charge in [-0.25, -0.2) is 0 Å². The molecule has 0 aliphatic carbocycles. The van der Waals surface area contributed by atoms with Gasteiger partial charge in [-0.15, -0.1) is 0 Å². The number of nitrogens with one attached hydrogen (secondary N) is 2. The molecule has 0 aromatic heterocycles. The molecule has 122 valence electrons. The van der Waals surface area contributed by atoms with Gasteiger partial charge in [0.2, 0.25) is 0 Å². The van der Waals surface area contributed by atoms with Crippen molar-refractivity contribution in [2.24, 2.45) is 0 Å². The minimum absolute atomic E-state index is 0.0516. The molecule has 23 heavy (non-hydrogen) atoms. The normalized spacial score (nSPS) is 13.6. The summed E-state index contributed by atoms with van der Waals surface area (Å²) in [5, 5.41) is 3.01. The van der Waals surface area contributed by atoms with Crippen molar-refractivity contribution in [1.82, 2.24) is 0 Å². The van der Waals surface area contributed by atoms with Crippen LogP contribution in [0.25, 0.3) is 0 Å². The van der Waals surface area contributed by atoms with E-state index in [0.29, 0.717) is 5.92 Å². The van der Waals surface area contributed by atoms with Gasteiger partial charge in [0, 0.05) is 11.3 Å². The maximum atomic E-state index is 12.4. The molecule has 3 heteroatoms. The van der Waals surface area contributed by atoms with Gasteiger partial charge in [0.25, 0.3) is 5.91 Å². The number of carbonyl (C=O) groups excluding carboxylic acids is 1. The van der Waals surface area contributed by atoms with Gasteiger partial charge in [0.1, 0.15) is 6.54 Å². The predicted octanol–water partition coefficient (Wildman–Crippen LogP) is 2.85. The molecule has 1 amide bonds. The Hall–Kier alpha value is -2.13. The number of likely N-dealkylation sites (N-methyl/N-ethyl adjacent to an activating group) is 1. The van der Waals surface area contributed by atoms with Crippen molar-refractivity contribution in [2.75, 3.05) is 12.4 Å². The number of quaternary nitrogens is 1. The fourth-order valence-corrected chi connectivity index (χ4v) is 2.50. The largest absolute Gasteiger partial charge is 0.324 e. The summed E-state index contributed by atoms with van der Waals surface area (Å²) < 4.78 is 0. The van der Waals surface area contributed by atoms with Crippen molar-refractivity contribution >= 4 is 11.6 Å². The van der Waals surface area contributed by atoms with E-state index in [2.05, 4.69) is 50.5 Å². The Morgan fingerprint density at radius 3 is 2.17 bits per heavy atom. The van der Waals surface area contributed by atoms with Crippen LogP contribution in [0, 0.1) is 0 Å². The van der Waals surface area contributed by atoms with Crippen LogP contribution < -0.4 is 10.2 Å². The molecule has 2 aromatic rings. The van der Waals surface area contributed by atoms with Crippen LogP contribution in [0.4, 0.5) is 5.69 Å². The summed E-state index contributed by atoms with van der Waals surface area (Å²) >= 11 is 0. The van der Waals surface area contributed by atoms with E-state index in [-0.39, 0.29) is 11.9 Å². The molecule has 3 nitrogen and oxygen atoms in total. The van der Waals surface area contributed by atoms with E-state index in [4.69, 9.17) is 0 Å². The van der Waals surface area contributed by atoms with E-state index in [1.807, 2.05) is 37.3 Å². The lowest BCUT2D eigenvalue weighted by Gasteiger charge is -2.21. The summed E-state index contributed by atoms with van der Waals surface area (Å²) in [6, 6.07) is 18.3. The third kappa shape index (κ3) is 4.93. The van der Waals surface area contributed by atoms with E-state index in [1.165, 1.54) is 16.0 Å². The van der Waals surface area contributed by atoms with Crippen LogP contribution in [0.2, 0.25) is 0 Å². The van der Waals surface area contributed by atoms with Crippen LogP contribution in [0.3, 0.4) is 0 Å². The monoisotopic (exact) mass is 311 g/mol. The van der Waals surface area contributed by atoms with Crippen molar-refractivity contribution < 1.29 is 9.69 Å². The van der Waals surface area contributed by atoms with E-state index in [1.54, 1.807) is 0 Å². The number of anilines is 1. The van der Waals surface area contributed by atoms with Gasteiger partial charge in [-0.05, 0) is 30.5 Å². The molecule has 0 aliphatic rings. The number of amides is 1. The Labute approximate surface area is 139 Å². The Bertz CT molecular complexity index is 620. The van der Waals surface area contributed by atoms with Gasteiger partial charge in [-0.1, -0.05) is 56.3 Å². The molecule has 2 rings (SSSR count). The first-order valence-corrected chi connectivity index (χ1v) is 8.24. The van der Waals surface area contributed by atoms with E-state index >= 15 is 0 Å². The van der Waals surface area contributed by atoms with Gasteiger partial charge in [0.15, 0.2) is 6.04 Å². The van der Waals surface area contributed by atoms with E-state index in [9.17, 15) is 4.79 Å². The zero-order valence-electron chi connectivity index (χ0n) is 14.5. The predicted molar refractivity (Wildman–Crippen MR) is 95.7 cm³/mol. The van der Waals surface area contributed by atoms with Crippen molar-refractivity contribution in [3.63, 3.8) is 0 Å². The number of carbonyl (C=O) groups is 1. The van der Waals surface area contributed by atoms with Crippen molar-refractivity contribution in [2.45, 2.75) is 39.3 Å². The van der Waals surface area contributed by atoms with E-state index in [0.717, 1.165) is 12.2 Å². The quantitative estimate of drug-likeness (QED) is 0.845. The highest BCUT2D eigenvalue weighted by Crippen LogP contribution is 2.17. The van der Waals surface area contributed by atoms with Crippen LogP contribution in [0.15, 0.2) is 54.6 Å². The first-order chi connectivity index (χ1) is 11.0. The smallest absolute Gasteiger partial charge is 0.282 e. The molecule has 0 spiro atoms. The lowest BCUT2D eigenvalue weighted by Crippen LogP contribution is -3.12. The molecule has 0 fully saturated rings. The summed E-state index contributed by atoms with van der Waals surface area (Å²) in [7, 11) is 2.05. The second-order valence-electron chi connectivity index (χ2n) is 6.50. The van der Waals surface area contributed by atoms with Crippen LogP contribution in [-0.2, 0) is 11.3 Å². The van der Waals surface area contributed by atoms with E-state index < -0.39 is 0 Å². The molecule has 0 bridgehead atoms. The molecular formula is C20H27N2O+. The SMILES string of the molecule is CC(C)c1ccc(NC(=O)[C@@H](C)[NH+](C)Cc2ccccc2)cc1. The van der Waals surface area contributed by atoms with Gasteiger partial charge in [0.05, 0.1) is 7.05 Å². The Morgan fingerprint density at radius 1 is 1.00 bits per heavy atom. The summed E-state index contributed by atoms with van der Waals surface area (Å²) in [6.45, 7) is 7.13. The number of hydrogen-bond donors (Lipinski definition) is 2. The molecule has 1 unspecified atom stereocenters. The zero-order valence-corrected chi connectivity index (χ0v) is 14.5. The highest BCUT2D eigenvalue weighted by atomic mass is 16.2. The zero-order chi connectivity index (χ0) is 16.8. The van der Waals surface area contributed by atoms with Crippen LogP contribution in [-0.4, -0.2) is 19.0 Å². The lowest BCUT2D eigenvalue weighted by molar-refractivity contribution is -0.907. The number of rotatable bonds is 6. The van der Waals surface area contributed by atoms with Crippen molar-refractivity contribution in [3.05, 3.63) is 65.7 Å². The molecule has 2 atom stereocenters. The standard InChI is InChI=1S/C20H26N2O/c1-15(2)18-10-12-19(13-11-18)21-20(23)16(3)22(4)14-17-8-6-5-7-9-17/h5-13,15-16H,14H2,1-4H3,(H,21,23)/p+1/t16-/m1/s1. The minimum atomic E-state index is -0.111. The van der Waals surface area contributed by atoms with Crippen molar-refractivity contribution in [3.8, 4) is 0 Å². The fourth-order valence-electron chi connectivity index (χ4n) is 2.50. The fraction of sp³-hybridized carbons (Fsp3) is 0.350. The molecular weight excluding hydrogens is 284 g/mol. The third-order valence-electron chi connectivity index (χ3n) is 4.30. The highest BCUT2D eigenvalue weighted by Gasteiger charge is 2.21. The van der Waals surface area contributed by atoms with Gasteiger partial charge in [-0.2, -0.15) is 0 Å². The molecule has 2 aromatic carbocycles. The summed E-state index contributed by atoms with van der Waals surface area (Å²) in [4.78, 5) is 13.6. The average molecular weight is 311 g/mol. The molecule has 0 radical (unpaired) electrons. The Balaban J connectivity index is 1.93. The van der Waals surface area contributed by atoms with Crippen molar-refractivity contribution in [1.29, 1.82) is 0 Å². The minimum Gasteiger partial charge on any atom is -0.324 e. The number of benzene rings is 2. The van der Waals surface area contributed by atoms with Crippen LogP contribution in [0.1, 0.15) is 37.8 Å². The lowest BCUT2D eigenvalue weighted by atomic mass is 10.0. The molecule has 0 heterocycles. The Kier molecular flexibility index (Phi) is 5.94. The Morgan fingerprint density at radius 2 is 1.61 bits per heavy atom. The summed E-state index contributed by atoms with van der Waals surface area (Å²) in [5.74, 6) is 0.552. The average Bonchev–Trinajstić information content (AvgIpc) is 2.55. The first-order valence-electron chi connectivity index (χ1n) is 8.24. The highest BCUT2D eigenvalue weighted by molar-refractivity contribution is 5.93. The maximum absolute atomic E-state index is 12.4. The van der Waals surface area contributed by atoms with Gasteiger partial charge >= 0.3 is 0 Å². The second kappa shape index (κ2) is 7.93. The third-order valence-corrected chi connectivity index (χ3v) is 4.30. The molecule has 2 N–H and O–H groups in total. The number of hydrogen-bond acceptors (Lipinski definition) is 1. The first kappa shape index (κ1) is 17.2. The summed E-state index contributed by atoms with van der Waals surface area (Å²) in [5.41, 5.74) is 3.38. The van der Waals surface area contributed by atoms with Gasteiger partial charge in [-0.3, -0.25) is 4.79 Å². The molecule has 0 aliphatic heterocycles. The topological polar surface area (TPSA) is 33.5 Å². The molecule has 0 saturated heterocycles. The summed E-state index contributed by atoms with van der Waals surface area (Å²) in [6.07, 6.45) is 0. The van der Waals surface area contributed by atoms with Crippen LogP contribution >= 0.6 is 0 Å². The molecule has 0 saturated carbocycles. The van der Waals surface area contributed by atoms with Gasteiger partial charge < -0.3 is 10.2 Å². The van der Waals surface area contributed by atoms with Crippen LogP contribution in [0.5, 0.6) is 0 Å². The second-order valence-corrected chi connectivity index (χ2v) is 6.50. The maximum Gasteiger partial charge on any atom is 0.282 e.